The zero-order valence-electron chi connectivity index (χ0n) is 15.5. The molecule has 2 amide bonds. The van der Waals surface area contributed by atoms with Gasteiger partial charge in [0.1, 0.15) is 0 Å². The summed E-state index contributed by atoms with van der Waals surface area (Å²) in [5.41, 5.74) is 3.39. The number of rotatable bonds is 8. The number of anilines is 1. The molecule has 0 aliphatic carbocycles. The molecular formula is C22H25N3O2. The molecule has 0 radical (unpaired) electrons. The summed E-state index contributed by atoms with van der Waals surface area (Å²) < 4.78 is 0. The zero-order valence-corrected chi connectivity index (χ0v) is 15.5. The molecule has 3 rings (SSSR count). The van der Waals surface area contributed by atoms with Crippen molar-refractivity contribution in [2.45, 2.75) is 32.6 Å². The maximum Gasteiger partial charge on any atom is 0.253 e. The van der Waals surface area contributed by atoms with Gasteiger partial charge in [-0.1, -0.05) is 37.3 Å². The average Bonchev–Trinajstić information content (AvgIpc) is 3.10. The first kappa shape index (κ1) is 18.7. The number of nitrogens with one attached hydrogen (secondary N) is 3. The SMILES string of the molecule is CCCNC(=O)c1ccccc1NC(=O)CCCc1c[nH]c2ccccc12. The molecule has 5 nitrogen and oxygen atoms in total. The lowest BCUT2D eigenvalue weighted by Gasteiger charge is -2.11. The molecule has 2 aromatic carbocycles. The summed E-state index contributed by atoms with van der Waals surface area (Å²) in [7, 11) is 0. The van der Waals surface area contributed by atoms with Gasteiger partial charge in [0.15, 0.2) is 0 Å². The lowest BCUT2D eigenvalue weighted by molar-refractivity contribution is -0.116. The minimum absolute atomic E-state index is 0.0782. The first-order valence-electron chi connectivity index (χ1n) is 9.41. The lowest BCUT2D eigenvalue weighted by atomic mass is 10.1. The van der Waals surface area contributed by atoms with Gasteiger partial charge in [-0.2, -0.15) is 0 Å². The summed E-state index contributed by atoms with van der Waals surface area (Å²) in [5.74, 6) is -0.239. The summed E-state index contributed by atoms with van der Waals surface area (Å²) in [4.78, 5) is 27.8. The minimum atomic E-state index is -0.161. The molecule has 5 heteroatoms. The van der Waals surface area contributed by atoms with E-state index in [1.807, 2.05) is 37.4 Å². The Bertz CT molecular complexity index is 930. The van der Waals surface area contributed by atoms with E-state index in [2.05, 4.69) is 21.7 Å². The number of H-pyrrole nitrogens is 1. The predicted octanol–water partition coefficient (Wildman–Crippen LogP) is 4.27. The minimum Gasteiger partial charge on any atom is -0.361 e. The number of fused-ring (bicyclic) bond motifs is 1. The number of hydrogen-bond acceptors (Lipinski definition) is 2. The van der Waals surface area contributed by atoms with Crippen molar-refractivity contribution in [1.82, 2.24) is 10.3 Å². The van der Waals surface area contributed by atoms with Crippen LogP contribution in [0.2, 0.25) is 0 Å². The predicted molar refractivity (Wildman–Crippen MR) is 109 cm³/mol. The van der Waals surface area contributed by atoms with Crippen LogP contribution in [0.25, 0.3) is 10.9 Å². The van der Waals surface area contributed by atoms with Crippen molar-refractivity contribution >= 4 is 28.4 Å². The fourth-order valence-corrected chi connectivity index (χ4v) is 3.11. The fraction of sp³-hybridized carbons (Fsp3) is 0.273. The van der Waals surface area contributed by atoms with Gasteiger partial charge in [0.2, 0.25) is 5.91 Å². The molecule has 0 aliphatic heterocycles. The van der Waals surface area contributed by atoms with Gasteiger partial charge < -0.3 is 15.6 Å². The number of carbonyl (C=O) groups is 2. The highest BCUT2D eigenvalue weighted by atomic mass is 16.2. The van der Waals surface area contributed by atoms with E-state index in [9.17, 15) is 9.59 Å². The van der Waals surface area contributed by atoms with E-state index in [4.69, 9.17) is 0 Å². The molecule has 1 heterocycles. The van der Waals surface area contributed by atoms with Crippen molar-refractivity contribution in [3.8, 4) is 0 Å². The van der Waals surface area contributed by atoms with Crippen molar-refractivity contribution in [3.63, 3.8) is 0 Å². The number of aromatic nitrogens is 1. The van der Waals surface area contributed by atoms with Crippen molar-refractivity contribution in [2.24, 2.45) is 0 Å². The van der Waals surface area contributed by atoms with E-state index < -0.39 is 0 Å². The van der Waals surface area contributed by atoms with E-state index in [0.29, 0.717) is 24.2 Å². The van der Waals surface area contributed by atoms with E-state index in [0.717, 1.165) is 24.8 Å². The highest BCUT2D eigenvalue weighted by Gasteiger charge is 2.12. The summed E-state index contributed by atoms with van der Waals surface area (Å²) >= 11 is 0. The largest absolute Gasteiger partial charge is 0.361 e. The van der Waals surface area contributed by atoms with E-state index in [-0.39, 0.29) is 11.8 Å². The number of hydrogen-bond donors (Lipinski definition) is 3. The number of benzene rings is 2. The van der Waals surface area contributed by atoms with E-state index in [1.165, 1.54) is 10.9 Å². The van der Waals surface area contributed by atoms with Crippen LogP contribution in [0.5, 0.6) is 0 Å². The van der Waals surface area contributed by atoms with E-state index >= 15 is 0 Å². The molecule has 0 aliphatic rings. The van der Waals surface area contributed by atoms with Crippen LogP contribution in [-0.2, 0) is 11.2 Å². The molecule has 0 spiro atoms. The van der Waals surface area contributed by atoms with Crippen LogP contribution in [-0.4, -0.2) is 23.3 Å². The van der Waals surface area contributed by atoms with Gasteiger partial charge in [0.05, 0.1) is 11.3 Å². The van der Waals surface area contributed by atoms with Crippen LogP contribution in [0, 0.1) is 0 Å². The smallest absolute Gasteiger partial charge is 0.253 e. The molecule has 3 N–H and O–H groups in total. The number of carbonyl (C=O) groups excluding carboxylic acids is 2. The Balaban J connectivity index is 1.56. The number of amides is 2. The maximum atomic E-state index is 12.3. The quantitative estimate of drug-likeness (QED) is 0.559. The van der Waals surface area contributed by atoms with Crippen LogP contribution in [0.1, 0.15) is 42.1 Å². The zero-order chi connectivity index (χ0) is 19.1. The highest BCUT2D eigenvalue weighted by Crippen LogP contribution is 2.20. The van der Waals surface area contributed by atoms with Crippen molar-refractivity contribution < 1.29 is 9.59 Å². The molecule has 27 heavy (non-hydrogen) atoms. The van der Waals surface area contributed by atoms with Gasteiger partial charge in [0, 0.05) is 30.1 Å². The first-order chi connectivity index (χ1) is 13.2. The van der Waals surface area contributed by atoms with Crippen LogP contribution in [0.4, 0.5) is 5.69 Å². The Labute approximate surface area is 159 Å². The molecule has 0 saturated heterocycles. The molecule has 1 aromatic heterocycles. The normalized spacial score (nSPS) is 10.7. The standard InChI is InChI=1S/C22H25N3O2/c1-2-14-23-22(27)18-10-4-6-12-20(18)25-21(26)13-7-8-16-15-24-19-11-5-3-9-17(16)19/h3-6,9-12,15,24H,2,7-8,13-14H2,1H3,(H,23,27)(H,25,26). The Morgan fingerprint density at radius 1 is 1.04 bits per heavy atom. The van der Waals surface area contributed by atoms with E-state index in [1.54, 1.807) is 18.2 Å². The van der Waals surface area contributed by atoms with Gasteiger partial charge in [-0.25, -0.2) is 0 Å². The fourth-order valence-electron chi connectivity index (χ4n) is 3.11. The summed E-state index contributed by atoms with van der Waals surface area (Å²) in [6, 6.07) is 15.3. The van der Waals surface area contributed by atoms with Crippen molar-refractivity contribution in [1.29, 1.82) is 0 Å². The summed E-state index contributed by atoms with van der Waals surface area (Å²) in [6.07, 6.45) is 4.86. The first-order valence-corrected chi connectivity index (χ1v) is 9.41. The monoisotopic (exact) mass is 363 g/mol. The Morgan fingerprint density at radius 3 is 2.67 bits per heavy atom. The van der Waals surface area contributed by atoms with Crippen molar-refractivity contribution in [2.75, 3.05) is 11.9 Å². The van der Waals surface area contributed by atoms with Gasteiger partial charge in [-0.15, -0.1) is 0 Å². The second-order valence-electron chi connectivity index (χ2n) is 6.56. The molecular weight excluding hydrogens is 338 g/mol. The molecule has 0 unspecified atom stereocenters. The van der Waals surface area contributed by atoms with Crippen LogP contribution < -0.4 is 10.6 Å². The second-order valence-corrected chi connectivity index (χ2v) is 6.56. The third kappa shape index (κ3) is 4.76. The number of aryl methyl sites for hydroxylation is 1. The third-order valence-corrected chi connectivity index (χ3v) is 4.51. The van der Waals surface area contributed by atoms with Crippen LogP contribution >= 0.6 is 0 Å². The van der Waals surface area contributed by atoms with Crippen molar-refractivity contribution in [3.05, 3.63) is 65.9 Å². The summed E-state index contributed by atoms with van der Waals surface area (Å²) in [6.45, 7) is 2.62. The molecule has 3 aromatic rings. The Kier molecular flexibility index (Phi) is 6.26. The topological polar surface area (TPSA) is 74.0 Å². The molecule has 0 atom stereocenters. The lowest BCUT2D eigenvalue weighted by Crippen LogP contribution is -2.25. The summed E-state index contributed by atoms with van der Waals surface area (Å²) in [5, 5.41) is 6.93. The van der Waals surface area contributed by atoms with Gasteiger partial charge in [0.25, 0.3) is 5.91 Å². The van der Waals surface area contributed by atoms with Gasteiger partial charge in [-0.05, 0) is 43.0 Å². The second kappa shape index (κ2) is 9.03. The number of aromatic amines is 1. The van der Waals surface area contributed by atoms with Crippen LogP contribution in [0.3, 0.4) is 0 Å². The maximum absolute atomic E-state index is 12.3. The molecule has 0 saturated carbocycles. The molecule has 0 fully saturated rings. The van der Waals surface area contributed by atoms with Gasteiger partial charge >= 0.3 is 0 Å². The highest BCUT2D eigenvalue weighted by molar-refractivity contribution is 6.03. The molecule has 140 valence electrons. The van der Waals surface area contributed by atoms with Crippen LogP contribution in [0.15, 0.2) is 54.7 Å². The number of para-hydroxylation sites is 2. The van der Waals surface area contributed by atoms with Gasteiger partial charge in [-0.3, -0.25) is 9.59 Å². The average molecular weight is 363 g/mol. The third-order valence-electron chi connectivity index (χ3n) is 4.51. The molecule has 0 bridgehead atoms. The Hall–Kier alpha value is -3.08. The Morgan fingerprint density at radius 2 is 1.81 bits per heavy atom.